The topological polar surface area (TPSA) is 134 Å². The van der Waals surface area contributed by atoms with Crippen molar-refractivity contribution >= 4 is 18.0 Å². The Labute approximate surface area is 120 Å². The maximum absolute atomic E-state index is 11.6. The van der Waals surface area contributed by atoms with Gasteiger partial charge in [-0.05, 0) is 6.42 Å². The van der Waals surface area contributed by atoms with Crippen LogP contribution in [0.15, 0.2) is 6.20 Å². The van der Waals surface area contributed by atoms with E-state index in [0.717, 1.165) is 11.3 Å². The van der Waals surface area contributed by atoms with Gasteiger partial charge in [0.1, 0.15) is 6.04 Å². The Morgan fingerprint density at radius 2 is 2.05 bits per heavy atom. The number of nitrogens with zero attached hydrogens (tertiary/aromatic N) is 2. The van der Waals surface area contributed by atoms with E-state index in [4.69, 9.17) is 10.2 Å². The fraction of sp³-hybridized carbons (Fsp3) is 0.500. The quantitative estimate of drug-likeness (QED) is 0.546. The third-order valence-electron chi connectivity index (χ3n) is 2.75. The van der Waals surface area contributed by atoms with E-state index in [1.165, 1.54) is 0 Å². The summed E-state index contributed by atoms with van der Waals surface area (Å²) >= 11 is 0. The van der Waals surface area contributed by atoms with Crippen molar-refractivity contribution in [3.63, 3.8) is 0 Å². The predicted octanol–water partition coefficient (Wildman–Crippen LogP) is -0.290. The number of hydrogen-bond donors (Lipinski definition) is 4. The second-order valence-corrected chi connectivity index (χ2v) is 4.44. The molecule has 0 radical (unpaired) electrons. The van der Waals surface area contributed by atoms with Gasteiger partial charge in [0.2, 0.25) is 0 Å². The molecule has 9 nitrogen and oxygen atoms in total. The molecule has 1 rings (SSSR count). The number of aromatic nitrogens is 2. The zero-order chi connectivity index (χ0) is 16.0. The molecule has 1 heterocycles. The molecular weight excluding hydrogens is 280 g/mol. The Hall–Kier alpha value is -2.58. The summed E-state index contributed by atoms with van der Waals surface area (Å²) in [7, 11) is 1.76. The van der Waals surface area contributed by atoms with Crippen LogP contribution >= 0.6 is 0 Å². The lowest BCUT2D eigenvalue weighted by Crippen LogP contribution is -2.46. The summed E-state index contributed by atoms with van der Waals surface area (Å²) in [5.41, 5.74) is 1.65. The second-order valence-electron chi connectivity index (χ2n) is 4.44. The minimum atomic E-state index is -1.47. The highest BCUT2D eigenvalue weighted by molar-refractivity contribution is 5.86. The van der Waals surface area contributed by atoms with E-state index in [1.54, 1.807) is 17.9 Å². The molecule has 9 heteroatoms. The van der Waals surface area contributed by atoms with Crippen LogP contribution < -0.4 is 10.6 Å². The third-order valence-corrected chi connectivity index (χ3v) is 2.75. The molecule has 0 saturated heterocycles. The Morgan fingerprint density at radius 3 is 2.57 bits per heavy atom. The molecule has 116 valence electrons. The van der Waals surface area contributed by atoms with Gasteiger partial charge in [0, 0.05) is 25.4 Å². The van der Waals surface area contributed by atoms with Gasteiger partial charge in [-0.1, -0.05) is 6.92 Å². The van der Waals surface area contributed by atoms with Crippen LogP contribution in [0.25, 0.3) is 0 Å². The van der Waals surface area contributed by atoms with E-state index in [9.17, 15) is 14.4 Å². The number of hydrogen-bond acceptors (Lipinski definition) is 4. The smallest absolute Gasteiger partial charge is 0.326 e. The summed E-state index contributed by atoms with van der Waals surface area (Å²) < 4.78 is 1.62. The third kappa shape index (κ3) is 5.13. The molecule has 4 N–H and O–H groups in total. The van der Waals surface area contributed by atoms with E-state index >= 15 is 0 Å². The van der Waals surface area contributed by atoms with Crippen LogP contribution in [0.3, 0.4) is 0 Å². The van der Waals surface area contributed by atoms with Gasteiger partial charge < -0.3 is 20.8 Å². The van der Waals surface area contributed by atoms with Crippen LogP contribution in [-0.4, -0.2) is 44.0 Å². The van der Waals surface area contributed by atoms with E-state index in [1.807, 2.05) is 6.92 Å². The van der Waals surface area contributed by atoms with Crippen molar-refractivity contribution in [2.45, 2.75) is 32.4 Å². The first-order valence-corrected chi connectivity index (χ1v) is 6.33. The van der Waals surface area contributed by atoms with Crippen molar-refractivity contribution in [3.05, 3.63) is 17.5 Å². The van der Waals surface area contributed by atoms with Gasteiger partial charge in [-0.3, -0.25) is 9.48 Å². The van der Waals surface area contributed by atoms with Crippen LogP contribution in [0.5, 0.6) is 0 Å². The molecule has 0 fully saturated rings. The van der Waals surface area contributed by atoms with Crippen molar-refractivity contribution in [3.8, 4) is 0 Å². The Balaban J connectivity index is 2.56. The molecule has 1 aromatic rings. The molecule has 0 aliphatic heterocycles. The lowest BCUT2D eigenvalue weighted by molar-refractivity contribution is -0.145. The predicted molar refractivity (Wildman–Crippen MR) is 71.6 cm³/mol. The van der Waals surface area contributed by atoms with Crippen LogP contribution in [-0.2, 0) is 29.6 Å². The lowest BCUT2D eigenvalue weighted by Gasteiger charge is -2.13. The summed E-state index contributed by atoms with van der Waals surface area (Å²) in [6, 6.07) is -2.21. The Kier molecular flexibility index (Phi) is 5.70. The van der Waals surface area contributed by atoms with Crippen molar-refractivity contribution in [1.29, 1.82) is 0 Å². The first kappa shape index (κ1) is 16.5. The van der Waals surface area contributed by atoms with Gasteiger partial charge >= 0.3 is 18.0 Å². The minimum absolute atomic E-state index is 0.183. The molecule has 1 aromatic heterocycles. The number of amides is 2. The molecule has 0 bridgehead atoms. The zero-order valence-electron chi connectivity index (χ0n) is 11.8. The average molecular weight is 298 g/mol. The average Bonchev–Trinajstić information content (AvgIpc) is 2.75. The Bertz CT molecular complexity index is 540. The number of urea groups is 1. The van der Waals surface area contributed by atoms with Gasteiger partial charge in [0.25, 0.3) is 0 Å². The summed E-state index contributed by atoms with van der Waals surface area (Å²) in [6.45, 7) is 2.11. The number of aliphatic carboxylic acids is 2. The highest BCUT2D eigenvalue weighted by Gasteiger charge is 2.22. The van der Waals surface area contributed by atoms with Crippen molar-refractivity contribution < 1.29 is 24.6 Å². The van der Waals surface area contributed by atoms with Gasteiger partial charge in [-0.2, -0.15) is 5.10 Å². The first-order valence-electron chi connectivity index (χ1n) is 6.33. The van der Waals surface area contributed by atoms with Crippen LogP contribution in [0.2, 0.25) is 0 Å². The fourth-order valence-electron chi connectivity index (χ4n) is 1.79. The van der Waals surface area contributed by atoms with Crippen molar-refractivity contribution in [1.82, 2.24) is 20.4 Å². The number of carbonyl (C=O) groups excluding carboxylic acids is 1. The number of carboxylic acid groups (broad SMARTS) is 2. The number of rotatable bonds is 7. The Morgan fingerprint density at radius 1 is 1.38 bits per heavy atom. The van der Waals surface area contributed by atoms with Gasteiger partial charge in [0.15, 0.2) is 0 Å². The number of carbonyl (C=O) groups is 3. The standard InChI is InChI=1S/C12H18N4O5/c1-3-8-7(6-16(2)15-8)5-13-12(21)14-9(11(19)20)4-10(17)18/h6,9H,3-5H2,1-2H3,(H,17,18)(H,19,20)(H2,13,14,21)/t9-/m0/s1. The number of carboxylic acids is 2. The van der Waals surface area contributed by atoms with Crippen molar-refractivity contribution in [2.75, 3.05) is 0 Å². The highest BCUT2D eigenvalue weighted by Crippen LogP contribution is 2.06. The minimum Gasteiger partial charge on any atom is -0.481 e. The van der Waals surface area contributed by atoms with E-state index in [0.29, 0.717) is 6.42 Å². The summed E-state index contributed by atoms with van der Waals surface area (Å²) in [4.78, 5) is 33.0. The largest absolute Gasteiger partial charge is 0.481 e. The molecule has 0 aliphatic carbocycles. The van der Waals surface area contributed by atoms with E-state index in [-0.39, 0.29) is 6.54 Å². The van der Waals surface area contributed by atoms with E-state index in [2.05, 4.69) is 15.7 Å². The van der Waals surface area contributed by atoms with Gasteiger partial charge in [0.05, 0.1) is 12.1 Å². The van der Waals surface area contributed by atoms with Gasteiger partial charge in [-0.25, -0.2) is 9.59 Å². The maximum Gasteiger partial charge on any atom is 0.326 e. The molecule has 2 amide bonds. The molecule has 0 spiro atoms. The maximum atomic E-state index is 11.6. The molecule has 21 heavy (non-hydrogen) atoms. The molecule has 0 unspecified atom stereocenters. The molecule has 0 saturated carbocycles. The lowest BCUT2D eigenvalue weighted by atomic mass is 10.2. The SMILES string of the molecule is CCc1nn(C)cc1CNC(=O)N[C@@H](CC(=O)O)C(=O)O. The summed E-state index contributed by atoms with van der Waals surface area (Å²) in [5, 5.41) is 26.2. The monoisotopic (exact) mass is 298 g/mol. The number of aryl methyl sites for hydroxylation is 2. The summed E-state index contributed by atoms with van der Waals surface area (Å²) in [6.07, 6.45) is 1.77. The summed E-state index contributed by atoms with van der Waals surface area (Å²) in [5.74, 6) is -2.70. The highest BCUT2D eigenvalue weighted by atomic mass is 16.4. The van der Waals surface area contributed by atoms with E-state index < -0.39 is 30.4 Å². The van der Waals surface area contributed by atoms with Crippen LogP contribution in [0.1, 0.15) is 24.6 Å². The van der Waals surface area contributed by atoms with Gasteiger partial charge in [-0.15, -0.1) is 0 Å². The number of nitrogens with one attached hydrogen (secondary N) is 2. The molecule has 1 atom stereocenters. The van der Waals surface area contributed by atoms with Crippen LogP contribution in [0, 0.1) is 0 Å². The molecule has 0 aliphatic rings. The normalized spacial score (nSPS) is 11.7. The first-order chi connectivity index (χ1) is 9.83. The zero-order valence-corrected chi connectivity index (χ0v) is 11.8. The van der Waals surface area contributed by atoms with Crippen molar-refractivity contribution in [2.24, 2.45) is 7.05 Å². The molecular formula is C12H18N4O5. The van der Waals surface area contributed by atoms with Crippen LogP contribution in [0.4, 0.5) is 4.79 Å². The fourth-order valence-corrected chi connectivity index (χ4v) is 1.79. The molecule has 0 aromatic carbocycles. The second kappa shape index (κ2) is 7.27.